The molecular formula is C18H23N3O3. The summed E-state index contributed by atoms with van der Waals surface area (Å²) in [4.78, 5) is 12.1. The first-order chi connectivity index (χ1) is 11.8. The monoisotopic (exact) mass is 329 g/mol. The normalized spacial score (nSPS) is 15.2. The molecule has 1 N–H and O–H groups in total. The molecule has 2 aromatic rings. The predicted octanol–water partition coefficient (Wildman–Crippen LogP) is 2.98. The Kier molecular flexibility index (Phi) is 5.46. The lowest BCUT2D eigenvalue weighted by atomic mass is 9.89. The summed E-state index contributed by atoms with van der Waals surface area (Å²) in [6, 6.07) is 7.48. The number of hydrogen-bond acceptors (Lipinski definition) is 5. The van der Waals surface area contributed by atoms with E-state index in [1.54, 1.807) is 7.11 Å². The number of rotatable bonds is 6. The zero-order valence-electron chi connectivity index (χ0n) is 14.0. The Bertz CT molecular complexity index is 678. The quantitative estimate of drug-likeness (QED) is 0.881. The van der Waals surface area contributed by atoms with Crippen LogP contribution in [0.4, 0.5) is 0 Å². The molecule has 24 heavy (non-hydrogen) atoms. The Morgan fingerprint density at radius 3 is 2.92 bits per heavy atom. The van der Waals surface area contributed by atoms with Gasteiger partial charge in [0.2, 0.25) is 17.7 Å². The third kappa shape index (κ3) is 4.13. The summed E-state index contributed by atoms with van der Waals surface area (Å²) in [6.45, 7) is 0.523. The summed E-state index contributed by atoms with van der Waals surface area (Å²) in [7, 11) is 1.62. The number of ether oxygens (including phenoxy) is 1. The molecule has 1 aliphatic rings. The summed E-state index contributed by atoms with van der Waals surface area (Å²) < 4.78 is 10.9. The smallest absolute Gasteiger partial charge is 0.247 e. The fourth-order valence-corrected chi connectivity index (χ4v) is 3.03. The molecule has 0 radical (unpaired) electrons. The lowest BCUT2D eigenvalue weighted by molar-refractivity contribution is -0.125. The van der Waals surface area contributed by atoms with E-state index in [9.17, 15) is 4.79 Å². The lowest BCUT2D eigenvalue weighted by Crippen LogP contribution is -2.33. The molecule has 1 fully saturated rings. The molecule has 1 heterocycles. The van der Waals surface area contributed by atoms with Crippen molar-refractivity contribution in [3.05, 3.63) is 30.2 Å². The van der Waals surface area contributed by atoms with Gasteiger partial charge in [-0.15, -0.1) is 10.2 Å². The molecule has 1 aromatic heterocycles. The van der Waals surface area contributed by atoms with Gasteiger partial charge in [0.1, 0.15) is 5.75 Å². The van der Waals surface area contributed by atoms with E-state index in [4.69, 9.17) is 9.15 Å². The number of nitrogens with zero attached hydrogens (tertiary/aromatic N) is 2. The summed E-state index contributed by atoms with van der Waals surface area (Å²) in [5.41, 5.74) is 0.819. The fourth-order valence-electron chi connectivity index (χ4n) is 3.03. The van der Waals surface area contributed by atoms with E-state index >= 15 is 0 Å². The first-order valence-corrected chi connectivity index (χ1v) is 8.51. The van der Waals surface area contributed by atoms with Crippen LogP contribution in [-0.4, -0.2) is 29.8 Å². The average Bonchev–Trinajstić information content (AvgIpc) is 3.11. The average molecular weight is 329 g/mol. The minimum atomic E-state index is 0.155. The third-order valence-corrected chi connectivity index (χ3v) is 4.40. The molecule has 1 aromatic carbocycles. The van der Waals surface area contributed by atoms with Crippen LogP contribution in [0.2, 0.25) is 0 Å². The summed E-state index contributed by atoms with van der Waals surface area (Å²) in [6.07, 6.45) is 6.12. The maximum Gasteiger partial charge on any atom is 0.247 e. The maximum atomic E-state index is 12.1. The van der Waals surface area contributed by atoms with Crippen molar-refractivity contribution in [1.82, 2.24) is 15.5 Å². The van der Waals surface area contributed by atoms with Gasteiger partial charge in [-0.3, -0.25) is 4.79 Å². The molecule has 0 saturated heterocycles. The molecule has 0 unspecified atom stereocenters. The number of aromatic nitrogens is 2. The van der Waals surface area contributed by atoms with Gasteiger partial charge in [0.15, 0.2) is 0 Å². The SMILES string of the molecule is COc1cccc(-c2nnc(CCNC(=O)C3CCCCC3)o2)c1. The van der Waals surface area contributed by atoms with Gasteiger partial charge in [-0.25, -0.2) is 0 Å². The number of nitrogens with one attached hydrogen (secondary N) is 1. The Morgan fingerprint density at radius 1 is 1.29 bits per heavy atom. The van der Waals surface area contributed by atoms with Gasteiger partial charge in [-0.05, 0) is 31.0 Å². The molecule has 0 atom stereocenters. The minimum absolute atomic E-state index is 0.155. The second kappa shape index (κ2) is 7.95. The van der Waals surface area contributed by atoms with Crippen LogP contribution in [0.15, 0.2) is 28.7 Å². The van der Waals surface area contributed by atoms with Crippen molar-refractivity contribution < 1.29 is 13.9 Å². The van der Waals surface area contributed by atoms with Crippen LogP contribution in [0.1, 0.15) is 38.0 Å². The van der Waals surface area contributed by atoms with Gasteiger partial charge >= 0.3 is 0 Å². The number of methoxy groups -OCH3 is 1. The molecule has 1 aliphatic carbocycles. The van der Waals surface area contributed by atoms with E-state index in [0.29, 0.717) is 24.7 Å². The maximum absolute atomic E-state index is 12.1. The Hall–Kier alpha value is -2.37. The van der Waals surface area contributed by atoms with Gasteiger partial charge in [-0.1, -0.05) is 25.3 Å². The van der Waals surface area contributed by atoms with Crippen LogP contribution < -0.4 is 10.1 Å². The van der Waals surface area contributed by atoms with Crippen molar-refractivity contribution in [2.24, 2.45) is 5.92 Å². The van der Waals surface area contributed by atoms with E-state index in [1.807, 2.05) is 24.3 Å². The second-order valence-corrected chi connectivity index (χ2v) is 6.11. The molecule has 128 valence electrons. The van der Waals surface area contributed by atoms with Crippen molar-refractivity contribution >= 4 is 5.91 Å². The number of amides is 1. The third-order valence-electron chi connectivity index (χ3n) is 4.40. The second-order valence-electron chi connectivity index (χ2n) is 6.11. The highest BCUT2D eigenvalue weighted by molar-refractivity contribution is 5.78. The van der Waals surface area contributed by atoms with Gasteiger partial charge < -0.3 is 14.5 Å². The first-order valence-electron chi connectivity index (χ1n) is 8.51. The van der Waals surface area contributed by atoms with Crippen LogP contribution in [0.5, 0.6) is 5.75 Å². The number of benzene rings is 1. The fraction of sp³-hybridized carbons (Fsp3) is 0.500. The van der Waals surface area contributed by atoms with Crippen LogP contribution in [0, 0.1) is 5.92 Å². The standard InChI is InChI=1S/C18H23N3O3/c1-23-15-9-5-8-14(12-15)18-21-20-16(24-18)10-11-19-17(22)13-6-3-2-4-7-13/h5,8-9,12-13H,2-4,6-7,10-11H2,1H3,(H,19,22). The van der Waals surface area contributed by atoms with Crippen molar-refractivity contribution in [1.29, 1.82) is 0 Å². The molecule has 3 rings (SSSR count). The van der Waals surface area contributed by atoms with Gasteiger partial charge in [0.25, 0.3) is 0 Å². The Labute approximate surface area is 141 Å². The number of carbonyl (C=O) groups excluding carboxylic acids is 1. The van der Waals surface area contributed by atoms with Crippen molar-refractivity contribution in [2.75, 3.05) is 13.7 Å². The predicted molar refractivity (Wildman–Crippen MR) is 89.6 cm³/mol. The number of carbonyl (C=O) groups is 1. The van der Waals surface area contributed by atoms with Gasteiger partial charge in [-0.2, -0.15) is 0 Å². The van der Waals surface area contributed by atoms with Crippen molar-refractivity contribution in [3.63, 3.8) is 0 Å². The van der Waals surface area contributed by atoms with Crippen LogP contribution in [-0.2, 0) is 11.2 Å². The zero-order chi connectivity index (χ0) is 16.8. The summed E-state index contributed by atoms with van der Waals surface area (Å²) in [5, 5.41) is 11.1. The van der Waals surface area contributed by atoms with Crippen molar-refractivity contribution in [3.8, 4) is 17.2 Å². The molecule has 0 spiro atoms. The first kappa shape index (κ1) is 16.5. The van der Waals surface area contributed by atoms with Crippen molar-refractivity contribution in [2.45, 2.75) is 38.5 Å². The lowest BCUT2D eigenvalue weighted by Gasteiger charge is -2.20. The topological polar surface area (TPSA) is 77.3 Å². The van der Waals surface area contributed by atoms with E-state index in [2.05, 4.69) is 15.5 Å². The highest BCUT2D eigenvalue weighted by Gasteiger charge is 2.20. The number of hydrogen-bond donors (Lipinski definition) is 1. The molecule has 0 aliphatic heterocycles. The Morgan fingerprint density at radius 2 is 2.12 bits per heavy atom. The van der Waals surface area contributed by atoms with Gasteiger partial charge in [0, 0.05) is 24.4 Å². The highest BCUT2D eigenvalue weighted by atomic mass is 16.5. The minimum Gasteiger partial charge on any atom is -0.497 e. The largest absolute Gasteiger partial charge is 0.497 e. The van der Waals surface area contributed by atoms with E-state index in [0.717, 1.165) is 37.0 Å². The zero-order valence-corrected chi connectivity index (χ0v) is 14.0. The summed E-state index contributed by atoms with van der Waals surface area (Å²) in [5.74, 6) is 2.06. The molecule has 6 heteroatoms. The van der Waals surface area contributed by atoms with E-state index in [-0.39, 0.29) is 11.8 Å². The van der Waals surface area contributed by atoms with Gasteiger partial charge in [0.05, 0.1) is 7.11 Å². The Balaban J connectivity index is 1.51. The van der Waals surface area contributed by atoms with Crippen LogP contribution >= 0.6 is 0 Å². The van der Waals surface area contributed by atoms with Crippen LogP contribution in [0.3, 0.4) is 0 Å². The van der Waals surface area contributed by atoms with Crippen LogP contribution in [0.25, 0.3) is 11.5 Å². The molecule has 6 nitrogen and oxygen atoms in total. The summed E-state index contributed by atoms with van der Waals surface area (Å²) >= 11 is 0. The molecule has 0 bridgehead atoms. The highest BCUT2D eigenvalue weighted by Crippen LogP contribution is 2.24. The molecule has 1 saturated carbocycles. The van der Waals surface area contributed by atoms with E-state index < -0.39 is 0 Å². The molecule has 1 amide bonds. The molecular weight excluding hydrogens is 306 g/mol. The van der Waals surface area contributed by atoms with E-state index in [1.165, 1.54) is 6.42 Å².